The van der Waals surface area contributed by atoms with Crippen molar-refractivity contribution in [2.24, 2.45) is 11.8 Å². The highest BCUT2D eigenvalue weighted by atomic mass is 16.6. The largest absolute Gasteiger partial charge is 0.481 e. The molecule has 0 heterocycles. The second kappa shape index (κ2) is 75.3. The fraction of sp³-hybridized carbons (Fsp3) is 0.872. The van der Waals surface area contributed by atoms with Crippen LogP contribution in [0.1, 0.15) is 239 Å². The highest BCUT2D eigenvalue weighted by molar-refractivity contribution is 5.69. The van der Waals surface area contributed by atoms with Crippen LogP contribution in [0.4, 0.5) is 0 Å². The van der Waals surface area contributed by atoms with E-state index in [1.165, 1.54) is 103 Å². The van der Waals surface area contributed by atoms with Crippen LogP contribution in [-0.2, 0) is 19.1 Å². The summed E-state index contributed by atoms with van der Waals surface area (Å²) in [4.78, 5) is 20.1. The van der Waals surface area contributed by atoms with E-state index in [-0.39, 0.29) is 5.97 Å². The van der Waals surface area contributed by atoms with Crippen LogP contribution in [-0.4, -0.2) is 42.2 Å². The summed E-state index contributed by atoms with van der Waals surface area (Å²) < 4.78 is 9.06. The lowest BCUT2D eigenvalue weighted by atomic mass is 10.1. The number of carbonyl (C=O) groups is 2. The van der Waals surface area contributed by atoms with Crippen LogP contribution in [0.2, 0.25) is 0 Å². The Hall–Kier alpha value is -1.66. The molecule has 0 amide bonds. The highest BCUT2D eigenvalue weighted by Gasteiger charge is 2.07. The maximum absolute atomic E-state index is 10.5. The number of unbranched alkanes of at least 4 members (excludes halogenated alkanes) is 9. The number of hydrogen-bond acceptors (Lipinski definition) is 5. The van der Waals surface area contributed by atoms with Gasteiger partial charge in [-0.05, 0) is 65.7 Å². The molecule has 0 radical (unpaired) electrons. The number of carboxylic acid groups (broad SMARTS) is 1. The molecule has 0 aromatic carbocycles. The lowest BCUT2D eigenvalue weighted by Gasteiger charge is -1.99. The van der Waals surface area contributed by atoms with Gasteiger partial charge >= 0.3 is 11.9 Å². The summed E-state index contributed by atoms with van der Waals surface area (Å²) in [5, 5.41) is 16.2. The number of aliphatic carboxylic acids is 1. The number of allylic oxidation sites excluding steroid dienone is 4. The van der Waals surface area contributed by atoms with Gasteiger partial charge in [0.05, 0.1) is 7.11 Å². The molecule has 1 unspecified atom stereocenters. The molecule has 6 nitrogen and oxygen atoms in total. The predicted molar refractivity (Wildman–Crippen MR) is 240 cm³/mol. The van der Waals surface area contributed by atoms with Gasteiger partial charge in [0.15, 0.2) is 6.29 Å². The van der Waals surface area contributed by atoms with Gasteiger partial charge in [-0.3, -0.25) is 9.59 Å². The molecule has 1 saturated carbocycles. The number of esters is 1. The number of methoxy groups -OCH3 is 1. The van der Waals surface area contributed by atoms with E-state index >= 15 is 0 Å². The van der Waals surface area contributed by atoms with Gasteiger partial charge in [0.25, 0.3) is 0 Å². The summed E-state index contributed by atoms with van der Waals surface area (Å²) in [5.74, 6) is 1.12. The van der Waals surface area contributed by atoms with E-state index in [0.717, 1.165) is 31.1 Å². The van der Waals surface area contributed by atoms with Gasteiger partial charge < -0.3 is 19.7 Å². The van der Waals surface area contributed by atoms with Crippen molar-refractivity contribution in [1.82, 2.24) is 0 Å². The first-order valence-electron chi connectivity index (χ1n) is 22.1. The fourth-order valence-electron chi connectivity index (χ4n) is 4.04. The Balaban J connectivity index is -0.0000000742. The minimum absolute atomic E-state index is 0.121. The zero-order valence-corrected chi connectivity index (χ0v) is 39.4. The number of carbonyl (C=O) groups excluding carboxylic acids is 1. The maximum Gasteiger partial charge on any atom is 0.305 e. The molecule has 0 aromatic heterocycles. The Morgan fingerprint density at radius 1 is 0.679 bits per heavy atom. The number of rotatable bonds is 18. The maximum atomic E-state index is 10.5. The first-order valence-corrected chi connectivity index (χ1v) is 22.1. The van der Waals surface area contributed by atoms with Crippen molar-refractivity contribution in [3.05, 3.63) is 24.3 Å². The van der Waals surface area contributed by atoms with Crippen LogP contribution in [0.3, 0.4) is 0 Å². The third kappa shape index (κ3) is 120. The van der Waals surface area contributed by atoms with E-state index in [1.54, 1.807) is 6.92 Å². The van der Waals surface area contributed by atoms with Gasteiger partial charge in [-0.1, -0.05) is 197 Å². The van der Waals surface area contributed by atoms with Crippen molar-refractivity contribution in [1.29, 1.82) is 0 Å². The first kappa shape index (κ1) is 69.3. The SMILES string of the molecule is C/C=C/C.C/C=C/CCCC(=O)OC.CC.CC.CC1CCCC1.CCCC(=O)O.CCCCC(C)C.CCCCCCCCCC.CCOC(C)O. The molecule has 2 N–H and O–H groups in total. The number of aliphatic hydroxyl groups excluding tert-OH is 1. The standard InChI is InChI=1S/C10H22.C8H14O2.C7H16.C6H12.C4H10O2.C4H8O2.C4H8.2C2H6/c1-3-5-7-9-10-8-6-4-2;1-3-4-5-6-7-8(9)10-2;1-4-5-6-7(2)3;1-6-4-2-3-5-6;1-3-6-4(2)5;1-2-3-4(5)6;1-3-4-2;2*1-2/h3-10H2,1-2H3;3-4H,5-7H2,1-2H3;7H,4-6H2,1-3H3;6H,2-5H2,1H3;4-5H,3H2,1-2H3;2-3H2,1H3,(H,5,6);3-4H,1-2H3;2*1-2H3/b;4-3+;;;;;4-3+;;. The van der Waals surface area contributed by atoms with Gasteiger partial charge in [0.2, 0.25) is 0 Å². The second-order valence-corrected chi connectivity index (χ2v) is 12.9. The smallest absolute Gasteiger partial charge is 0.305 e. The van der Waals surface area contributed by atoms with Crippen LogP contribution in [0.5, 0.6) is 0 Å². The second-order valence-electron chi connectivity index (χ2n) is 12.9. The van der Waals surface area contributed by atoms with Gasteiger partial charge in [-0.2, -0.15) is 0 Å². The van der Waals surface area contributed by atoms with Crippen molar-refractivity contribution in [3.63, 3.8) is 0 Å². The van der Waals surface area contributed by atoms with E-state index in [0.29, 0.717) is 19.4 Å². The molecule has 1 aliphatic carbocycles. The average molecular weight is 763 g/mol. The van der Waals surface area contributed by atoms with Crippen LogP contribution in [0.25, 0.3) is 0 Å². The minimum Gasteiger partial charge on any atom is -0.481 e. The molecule has 1 atom stereocenters. The summed E-state index contributed by atoms with van der Waals surface area (Å²) in [6, 6.07) is 0. The molecular formula is C47H102O6. The molecule has 0 spiro atoms. The molecular weight excluding hydrogens is 661 g/mol. The molecule has 0 saturated heterocycles. The summed E-state index contributed by atoms with van der Waals surface area (Å²) in [6.45, 7) is 33.5. The van der Waals surface area contributed by atoms with Crippen LogP contribution in [0, 0.1) is 11.8 Å². The van der Waals surface area contributed by atoms with Gasteiger partial charge in [0.1, 0.15) is 0 Å². The zero-order chi connectivity index (χ0) is 43.0. The van der Waals surface area contributed by atoms with E-state index < -0.39 is 12.3 Å². The van der Waals surface area contributed by atoms with Crippen LogP contribution in [0.15, 0.2) is 24.3 Å². The van der Waals surface area contributed by atoms with E-state index in [4.69, 9.17) is 10.2 Å². The normalized spacial score (nSPS) is 11.6. The number of carboxylic acids is 1. The van der Waals surface area contributed by atoms with Crippen LogP contribution >= 0.6 is 0 Å². The molecule has 1 fully saturated rings. The van der Waals surface area contributed by atoms with Crippen LogP contribution < -0.4 is 0 Å². The number of hydrogen-bond donors (Lipinski definition) is 2. The monoisotopic (exact) mass is 763 g/mol. The topological polar surface area (TPSA) is 93.1 Å². The zero-order valence-electron chi connectivity index (χ0n) is 39.4. The number of aliphatic hydroxyl groups is 1. The molecule has 0 bridgehead atoms. The summed E-state index contributed by atoms with van der Waals surface area (Å²) in [7, 11) is 1.41. The van der Waals surface area contributed by atoms with Crippen molar-refractivity contribution >= 4 is 11.9 Å². The summed E-state index contributed by atoms with van der Waals surface area (Å²) in [6.07, 6.45) is 32.4. The Bertz CT molecular complexity index is 611. The molecule has 1 rings (SSSR count). The van der Waals surface area contributed by atoms with E-state index in [1.807, 2.05) is 86.6 Å². The first-order chi connectivity index (χ1) is 25.3. The van der Waals surface area contributed by atoms with E-state index in [9.17, 15) is 9.59 Å². The molecule has 53 heavy (non-hydrogen) atoms. The average Bonchev–Trinajstić information content (AvgIpc) is 3.64. The van der Waals surface area contributed by atoms with E-state index in [2.05, 4.69) is 51.0 Å². The molecule has 326 valence electrons. The molecule has 6 heteroatoms. The minimum atomic E-state index is -0.711. The molecule has 1 aliphatic rings. The predicted octanol–water partition coefficient (Wildman–Crippen LogP) is 15.9. The van der Waals surface area contributed by atoms with Crippen molar-refractivity contribution in [2.45, 2.75) is 245 Å². The Morgan fingerprint density at radius 3 is 1.30 bits per heavy atom. The third-order valence-corrected chi connectivity index (χ3v) is 7.16. The fourth-order valence-corrected chi connectivity index (χ4v) is 4.04. The summed E-state index contributed by atoms with van der Waals surface area (Å²) >= 11 is 0. The van der Waals surface area contributed by atoms with Gasteiger partial charge in [0, 0.05) is 19.4 Å². The van der Waals surface area contributed by atoms with Crippen molar-refractivity contribution in [3.8, 4) is 0 Å². The quantitative estimate of drug-likeness (QED) is 0.0625. The molecule has 0 aromatic rings. The highest BCUT2D eigenvalue weighted by Crippen LogP contribution is 2.23. The lowest BCUT2D eigenvalue weighted by molar-refractivity contribution is -0.140. The van der Waals surface area contributed by atoms with Crippen molar-refractivity contribution in [2.75, 3.05) is 13.7 Å². The Morgan fingerprint density at radius 2 is 1.11 bits per heavy atom. The number of ether oxygens (including phenoxy) is 2. The molecule has 0 aliphatic heterocycles. The van der Waals surface area contributed by atoms with Gasteiger partial charge in [-0.15, -0.1) is 0 Å². The Kier molecular flexibility index (Phi) is 98.4. The van der Waals surface area contributed by atoms with Crippen molar-refractivity contribution < 1.29 is 29.3 Å². The third-order valence-electron chi connectivity index (χ3n) is 7.16. The Labute approximate surface area is 335 Å². The summed E-state index contributed by atoms with van der Waals surface area (Å²) in [5.41, 5.74) is 0. The lowest BCUT2D eigenvalue weighted by Crippen LogP contribution is -2.04. The van der Waals surface area contributed by atoms with Gasteiger partial charge in [-0.25, -0.2) is 0 Å².